The highest BCUT2D eigenvalue weighted by Gasteiger charge is 2.14. The first-order valence-electron chi connectivity index (χ1n) is 8.82. The van der Waals surface area contributed by atoms with Crippen LogP contribution in [0.25, 0.3) is 11.5 Å². The molecule has 1 aromatic carbocycles. The lowest BCUT2D eigenvalue weighted by atomic mass is 10.1. The Labute approximate surface area is 171 Å². The number of aryl methyl sites for hydroxylation is 2. The predicted molar refractivity (Wildman–Crippen MR) is 111 cm³/mol. The van der Waals surface area contributed by atoms with Gasteiger partial charge in [-0.3, -0.25) is 9.59 Å². The average Bonchev–Trinajstić information content (AvgIpc) is 3.31. The van der Waals surface area contributed by atoms with Crippen molar-refractivity contribution in [2.75, 3.05) is 12.3 Å². The van der Waals surface area contributed by atoms with Crippen LogP contribution in [-0.2, 0) is 11.2 Å². The van der Waals surface area contributed by atoms with Crippen molar-refractivity contribution in [2.24, 2.45) is 0 Å². The number of hydrogen-bond donors (Lipinski definition) is 1. The third kappa shape index (κ3) is 5.30. The highest BCUT2D eigenvalue weighted by atomic mass is 32.2. The Morgan fingerprint density at radius 2 is 1.96 bits per heavy atom. The number of benzene rings is 1. The van der Waals surface area contributed by atoms with E-state index in [1.54, 1.807) is 0 Å². The zero-order valence-electron chi connectivity index (χ0n) is 15.9. The van der Waals surface area contributed by atoms with E-state index in [4.69, 9.17) is 4.42 Å². The summed E-state index contributed by atoms with van der Waals surface area (Å²) in [6.45, 7) is 6.15. The van der Waals surface area contributed by atoms with Crippen LogP contribution in [-0.4, -0.2) is 34.2 Å². The lowest BCUT2D eigenvalue weighted by Gasteiger charge is -2.00. The Bertz CT molecular complexity index is 994. The van der Waals surface area contributed by atoms with Crippen molar-refractivity contribution in [3.8, 4) is 11.5 Å². The number of rotatable bonds is 8. The quantitative estimate of drug-likeness (QED) is 0.441. The highest BCUT2D eigenvalue weighted by Crippen LogP contribution is 2.26. The molecular formula is C20H21N3O3S2. The first kappa shape index (κ1) is 20.3. The molecule has 0 unspecified atom stereocenters. The van der Waals surface area contributed by atoms with Gasteiger partial charge in [-0.05, 0) is 55.7 Å². The first-order chi connectivity index (χ1) is 13.4. The Hall–Kier alpha value is -2.45. The van der Waals surface area contributed by atoms with Crippen LogP contribution in [0, 0.1) is 13.8 Å². The van der Waals surface area contributed by atoms with Gasteiger partial charge >= 0.3 is 0 Å². The monoisotopic (exact) mass is 415 g/mol. The number of aromatic nitrogens is 2. The van der Waals surface area contributed by atoms with Gasteiger partial charge in [-0.2, -0.15) is 0 Å². The van der Waals surface area contributed by atoms with E-state index >= 15 is 0 Å². The van der Waals surface area contributed by atoms with E-state index in [9.17, 15) is 9.59 Å². The number of nitrogens with one attached hydrogen (secondary N) is 1. The van der Waals surface area contributed by atoms with Gasteiger partial charge in [0.05, 0.1) is 10.6 Å². The predicted octanol–water partition coefficient (Wildman–Crippen LogP) is 4.07. The summed E-state index contributed by atoms with van der Waals surface area (Å²) >= 11 is 2.69. The van der Waals surface area contributed by atoms with Crippen LogP contribution in [0.2, 0.25) is 0 Å². The number of thiophene rings is 1. The molecule has 0 fully saturated rings. The van der Waals surface area contributed by atoms with Gasteiger partial charge < -0.3 is 9.73 Å². The Balaban J connectivity index is 1.55. The number of Topliss-reactive ketones (excluding diaryl/α,β-unsaturated/α-hetero) is 1. The van der Waals surface area contributed by atoms with Crippen LogP contribution in [0.3, 0.4) is 0 Å². The summed E-state index contributed by atoms with van der Waals surface area (Å²) in [7, 11) is 0. The second-order valence-corrected chi connectivity index (χ2v) is 8.48. The Morgan fingerprint density at radius 1 is 1.14 bits per heavy atom. The number of hydrogen-bond acceptors (Lipinski definition) is 7. The maximum atomic E-state index is 12.4. The van der Waals surface area contributed by atoms with Gasteiger partial charge in [0.1, 0.15) is 0 Å². The fraction of sp³-hybridized carbons (Fsp3) is 0.300. The second kappa shape index (κ2) is 9.16. The van der Waals surface area contributed by atoms with Gasteiger partial charge in [0.15, 0.2) is 5.78 Å². The molecule has 1 amide bonds. The van der Waals surface area contributed by atoms with Gasteiger partial charge in [-0.1, -0.05) is 17.8 Å². The van der Waals surface area contributed by atoms with Crippen molar-refractivity contribution in [2.45, 2.75) is 32.4 Å². The van der Waals surface area contributed by atoms with Crippen LogP contribution >= 0.6 is 23.1 Å². The standard InChI is InChI=1S/C20H21N3O3S2/c1-12-4-5-15(10-13(12)2)19-22-23-20(26-19)27-11-17(25)18-7-6-16(28-18)8-9-21-14(3)24/h4-7,10H,8-9,11H2,1-3H3,(H,21,24). The summed E-state index contributed by atoms with van der Waals surface area (Å²) in [5, 5.41) is 11.2. The van der Waals surface area contributed by atoms with Crippen molar-refractivity contribution in [3.63, 3.8) is 0 Å². The summed E-state index contributed by atoms with van der Waals surface area (Å²) in [6.07, 6.45) is 0.716. The number of nitrogens with zero attached hydrogens (tertiary/aromatic N) is 2. The van der Waals surface area contributed by atoms with E-state index in [1.165, 1.54) is 35.6 Å². The van der Waals surface area contributed by atoms with E-state index in [0.29, 0.717) is 29.0 Å². The molecule has 6 nitrogen and oxygen atoms in total. The fourth-order valence-corrected chi connectivity index (χ4v) is 4.16. The largest absolute Gasteiger partial charge is 0.411 e. The molecule has 146 valence electrons. The molecule has 0 radical (unpaired) electrons. The third-order valence-corrected chi connectivity index (χ3v) is 6.17. The Morgan fingerprint density at radius 3 is 2.71 bits per heavy atom. The van der Waals surface area contributed by atoms with Gasteiger partial charge in [0, 0.05) is 23.9 Å². The molecule has 0 bridgehead atoms. The topological polar surface area (TPSA) is 85.1 Å². The fourth-order valence-electron chi connectivity index (χ4n) is 2.48. The van der Waals surface area contributed by atoms with Crippen molar-refractivity contribution >= 4 is 34.8 Å². The first-order valence-corrected chi connectivity index (χ1v) is 10.6. The molecule has 2 aromatic heterocycles. The van der Waals surface area contributed by atoms with Crippen LogP contribution < -0.4 is 5.32 Å². The minimum absolute atomic E-state index is 0.0201. The lowest BCUT2D eigenvalue weighted by molar-refractivity contribution is -0.118. The van der Waals surface area contributed by atoms with Gasteiger partial charge in [-0.15, -0.1) is 21.5 Å². The van der Waals surface area contributed by atoms with Gasteiger partial charge in [0.25, 0.3) is 5.22 Å². The minimum atomic E-state index is -0.0519. The van der Waals surface area contributed by atoms with E-state index in [0.717, 1.165) is 16.0 Å². The molecule has 0 atom stereocenters. The smallest absolute Gasteiger partial charge is 0.277 e. The van der Waals surface area contributed by atoms with Gasteiger partial charge in [-0.25, -0.2) is 0 Å². The molecule has 28 heavy (non-hydrogen) atoms. The molecule has 2 heterocycles. The van der Waals surface area contributed by atoms with E-state index < -0.39 is 0 Å². The average molecular weight is 416 g/mol. The zero-order valence-corrected chi connectivity index (χ0v) is 17.6. The summed E-state index contributed by atoms with van der Waals surface area (Å²) in [6, 6.07) is 9.73. The molecular weight excluding hydrogens is 394 g/mol. The lowest BCUT2D eigenvalue weighted by Crippen LogP contribution is -2.22. The summed E-state index contributed by atoms with van der Waals surface area (Å²) < 4.78 is 5.68. The van der Waals surface area contributed by atoms with Crippen molar-refractivity contribution in [3.05, 3.63) is 51.2 Å². The molecule has 0 spiro atoms. The molecule has 0 saturated heterocycles. The maximum absolute atomic E-state index is 12.4. The molecule has 0 aliphatic carbocycles. The van der Waals surface area contributed by atoms with E-state index in [-0.39, 0.29) is 17.4 Å². The summed E-state index contributed by atoms with van der Waals surface area (Å²) in [4.78, 5) is 25.1. The third-order valence-electron chi connectivity index (χ3n) is 4.17. The van der Waals surface area contributed by atoms with Crippen LogP contribution in [0.4, 0.5) is 0 Å². The molecule has 1 N–H and O–H groups in total. The number of amides is 1. The number of carbonyl (C=O) groups is 2. The van der Waals surface area contributed by atoms with E-state index in [2.05, 4.69) is 22.4 Å². The van der Waals surface area contributed by atoms with Crippen LogP contribution in [0.1, 0.15) is 32.6 Å². The SMILES string of the molecule is CC(=O)NCCc1ccc(C(=O)CSc2nnc(-c3ccc(C)c(C)c3)o2)s1. The molecule has 0 saturated carbocycles. The number of thioether (sulfide) groups is 1. The van der Waals surface area contributed by atoms with Crippen molar-refractivity contribution in [1.29, 1.82) is 0 Å². The zero-order chi connectivity index (χ0) is 20.1. The Kier molecular flexibility index (Phi) is 6.64. The molecule has 8 heteroatoms. The van der Waals surface area contributed by atoms with Crippen LogP contribution in [0.5, 0.6) is 0 Å². The summed E-state index contributed by atoms with van der Waals surface area (Å²) in [5.41, 5.74) is 3.23. The molecule has 0 aliphatic rings. The van der Waals surface area contributed by atoms with E-state index in [1.807, 2.05) is 37.3 Å². The summed E-state index contributed by atoms with van der Waals surface area (Å²) in [5.74, 6) is 0.658. The van der Waals surface area contributed by atoms with Crippen LogP contribution in [0.15, 0.2) is 40.0 Å². The minimum Gasteiger partial charge on any atom is -0.411 e. The number of ketones is 1. The van der Waals surface area contributed by atoms with Crippen molar-refractivity contribution in [1.82, 2.24) is 15.5 Å². The van der Waals surface area contributed by atoms with Gasteiger partial charge in [0.2, 0.25) is 11.8 Å². The molecule has 3 rings (SSSR count). The molecule has 0 aliphatic heterocycles. The second-order valence-electron chi connectivity index (χ2n) is 6.38. The van der Waals surface area contributed by atoms with Crippen molar-refractivity contribution < 1.29 is 14.0 Å². The molecule has 3 aromatic rings. The normalized spacial score (nSPS) is 10.8. The maximum Gasteiger partial charge on any atom is 0.277 e. The number of carbonyl (C=O) groups excluding carboxylic acids is 2. The highest BCUT2D eigenvalue weighted by molar-refractivity contribution is 7.99.